The van der Waals surface area contributed by atoms with Crippen molar-refractivity contribution in [1.82, 2.24) is 24.8 Å². The summed E-state index contributed by atoms with van der Waals surface area (Å²) in [6, 6.07) is 9.81. The summed E-state index contributed by atoms with van der Waals surface area (Å²) in [4.78, 5) is 26.5. The number of pyridine rings is 1. The van der Waals surface area contributed by atoms with Gasteiger partial charge < -0.3 is 19.9 Å². The van der Waals surface area contributed by atoms with Crippen molar-refractivity contribution in [3.63, 3.8) is 0 Å². The Hall–Kier alpha value is -3.94. The maximum atomic E-state index is 13.0. The lowest BCUT2D eigenvalue weighted by molar-refractivity contribution is 0.0923. The average molecular weight is 499 g/mol. The van der Waals surface area contributed by atoms with Gasteiger partial charge in [0.25, 0.3) is 5.91 Å². The Morgan fingerprint density at radius 3 is 2.68 bits per heavy atom. The number of amides is 1. The van der Waals surface area contributed by atoms with Crippen LogP contribution in [0, 0.1) is 5.92 Å². The SMILES string of the molecule is COc1ccc(C(=O)NC2CCC(C)CC2)cc1Nc1nccc(-c2cn(C(C)C)c3cnccc23)n1. The molecule has 0 radical (unpaired) electrons. The summed E-state index contributed by atoms with van der Waals surface area (Å²) in [6.45, 7) is 6.57. The number of hydrogen-bond acceptors (Lipinski definition) is 6. The third kappa shape index (κ3) is 5.28. The number of fused-ring (bicyclic) bond motifs is 1. The van der Waals surface area contributed by atoms with Crippen LogP contribution in [0.1, 0.15) is 62.9 Å². The van der Waals surface area contributed by atoms with Crippen LogP contribution in [-0.2, 0) is 0 Å². The molecule has 0 spiro atoms. The molecule has 4 aromatic rings. The van der Waals surface area contributed by atoms with E-state index in [2.05, 4.69) is 52.1 Å². The standard InChI is InChI=1S/C29H34N6O2/c1-18(2)35-17-23(22-11-13-30-16-26(22)35)24-12-14-31-29(33-24)34-25-15-20(7-10-27(25)37-4)28(36)32-21-8-5-19(3)6-9-21/h7,10-19,21H,5-6,8-9H2,1-4H3,(H,32,36)(H,31,33,34). The zero-order chi connectivity index (χ0) is 25.9. The Labute approximate surface area is 217 Å². The summed E-state index contributed by atoms with van der Waals surface area (Å²) in [5.74, 6) is 1.70. The molecule has 1 aromatic carbocycles. The second-order valence-electron chi connectivity index (χ2n) is 10.2. The van der Waals surface area contributed by atoms with Gasteiger partial charge in [0.2, 0.25) is 5.95 Å². The van der Waals surface area contributed by atoms with E-state index in [9.17, 15) is 4.79 Å². The van der Waals surface area contributed by atoms with Gasteiger partial charge in [-0.1, -0.05) is 6.92 Å². The van der Waals surface area contributed by atoms with Gasteiger partial charge in [0.05, 0.1) is 30.2 Å². The number of nitrogens with one attached hydrogen (secondary N) is 2. The molecule has 0 atom stereocenters. The van der Waals surface area contributed by atoms with E-state index in [1.165, 1.54) is 0 Å². The van der Waals surface area contributed by atoms with E-state index < -0.39 is 0 Å². The first-order valence-electron chi connectivity index (χ1n) is 13.0. The lowest BCUT2D eigenvalue weighted by Gasteiger charge is -2.27. The van der Waals surface area contributed by atoms with Gasteiger partial charge >= 0.3 is 0 Å². The largest absolute Gasteiger partial charge is 0.495 e. The number of nitrogens with zero attached hydrogens (tertiary/aromatic N) is 4. The first kappa shape index (κ1) is 24.7. The Balaban J connectivity index is 1.41. The summed E-state index contributed by atoms with van der Waals surface area (Å²) in [5.41, 5.74) is 4.09. The van der Waals surface area contributed by atoms with E-state index in [4.69, 9.17) is 9.72 Å². The molecule has 1 saturated carbocycles. The van der Waals surface area contributed by atoms with Gasteiger partial charge in [-0.3, -0.25) is 9.78 Å². The van der Waals surface area contributed by atoms with Crippen LogP contribution >= 0.6 is 0 Å². The molecule has 1 aliphatic rings. The summed E-state index contributed by atoms with van der Waals surface area (Å²) in [5, 5.41) is 7.55. The highest BCUT2D eigenvalue weighted by Gasteiger charge is 2.21. The molecular weight excluding hydrogens is 464 g/mol. The Morgan fingerprint density at radius 2 is 1.92 bits per heavy atom. The van der Waals surface area contributed by atoms with Crippen LogP contribution in [0.15, 0.2) is 55.1 Å². The fraction of sp³-hybridized carbons (Fsp3) is 0.379. The molecule has 37 heavy (non-hydrogen) atoms. The van der Waals surface area contributed by atoms with E-state index in [-0.39, 0.29) is 18.0 Å². The molecule has 0 bridgehead atoms. The van der Waals surface area contributed by atoms with Crippen LogP contribution in [0.3, 0.4) is 0 Å². The topological polar surface area (TPSA) is 94.0 Å². The van der Waals surface area contributed by atoms with Gasteiger partial charge in [0.1, 0.15) is 5.75 Å². The minimum absolute atomic E-state index is 0.0740. The van der Waals surface area contributed by atoms with Crippen molar-refractivity contribution in [2.24, 2.45) is 5.92 Å². The monoisotopic (exact) mass is 498 g/mol. The van der Waals surface area contributed by atoms with E-state index in [0.717, 1.165) is 53.8 Å². The Bertz CT molecular complexity index is 1400. The highest BCUT2D eigenvalue weighted by molar-refractivity contribution is 5.96. The predicted octanol–water partition coefficient (Wildman–Crippen LogP) is 6.13. The van der Waals surface area contributed by atoms with Crippen molar-refractivity contribution in [3.8, 4) is 17.0 Å². The number of rotatable bonds is 7. The Morgan fingerprint density at radius 1 is 1.11 bits per heavy atom. The molecular formula is C29H34N6O2. The number of aromatic nitrogens is 4. The van der Waals surface area contributed by atoms with Crippen LogP contribution in [0.4, 0.5) is 11.6 Å². The van der Waals surface area contributed by atoms with Crippen molar-refractivity contribution in [2.45, 2.75) is 58.5 Å². The number of anilines is 2. The van der Waals surface area contributed by atoms with Crippen LogP contribution in [0.2, 0.25) is 0 Å². The van der Waals surface area contributed by atoms with Crippen LogP contribution < -0.4 is 15.4 Å². The molecule has 192 valence electrons. The lowest BCUT2D eigenvalue weighted by atomic mass is 9.87. The molecule has 2 N–H and O–H groups in total. The third-order valence-corrected chi connectivity index (χ3v) is 7.18. The van der Waals surface area contributed by atoms with Crippen molar-refractivity contribution in [3.05, 3.63) is 60.7 Å². The van der Waals surface area contributed by atoms with E-state index >= 15 is 0 Å². The molecule has 8 nitrogen and oxygen atoms in total. The fourth-order valence-corrected chi connectivity index (χ4v) is 5.04. The summed E-state index contributed by atoms with van der Waals surface area (Å²) in [7, 11) is 1.61. The van der Waals surface area contributed by atoms with Crippen molar-refractivity contribution in [2.75, 3.05) is 12.4 Å². The van der Waals surface area contributed by atoms with Crippen LogP contribution in [0.25, 0.3) is 22.2 Å². The molecule has 3 aromatic heterocycles. The molecule has 0 saturated heterocycles. The zero-order valence-corrected chi connectivity index (χ0v) is 21.9. The van der Waals surface area contributed by atoms with Crippen LogP contribution in [-0.4, -0.2) is 38.6 Å². The molecule has 0 aliphatic heterocycles. The molecule has 1 fully saturated rings. The lowest BCUT2D eigenvalue weighted by Crippen LogP contribution is -2.37. The highest BCUT2D eigenvalue weighted by atomic mass is 16.5. The first-order valence-corrected chi connectivity index (χ1v) is 13.0. The van der Waals surface area contributed by atoms with Crippen LogP contribution in [0.5, 0.6) is 5.75 Å². The number of ether oxygens (including phenoxy) is 1. The average Bonchev–Trinajstić information content (AvgIpc) is 3.30. The van der Waals surface area contributed by atoms with E-state index in [1.807, 2.05) is 18.3 Å². The van der Waals surface area contributed by atoms with Gasteiger partial charge in [-0.25, -0.2) is 9.97 Å². The highest BCUT2D eigenvalue weighted by Crippen LogP contribution is 2.33. The molecule has 8 heteroatoms. The maximum absolute atomic E-state index is 13.0. The van der Waals surface area contributed by atoms with Crippen molar-refractivity contribution in [1.29, 1.82) is 0 Å². The molecule has 3 heterocycles. The van der Waals surface area contributed by atoms with Gasteiger partial charge in [-0.2, -0.15) is 0 Å². The minimum atomic E-state index is -0.0740. The smallest absolute Gasteiger partial charge is 0.251 e. The minimum Gasteiger partial charge on any atom is -0.495 e. The van der Waals surface area contributed by atoms with Gasteiger partial charge in [-0.05, 0) is 75.8 Å². The summed E-state index contributed by atoms with van der Waals surface area (Å²) >= 11 is 0. The first-order chi connectivity index (χ1) is 17.9. The molecule has 1 aliphatic carbocycles. The number of carbonyl (C=O) groups is 1. The number of hydrogen-bond donors (Lipinski definition) is 2. The summed E-state index contributed by atoms with van der Waals surface area (Å²) < 4.78 is 7.76. The van der Waals surface area contributed by atoms with E-state index in [1.54, 1.807) is 37.7 Å². The zero-order valence-electron chi connectivity index (χ0n) is 21.9. The van der Waals surface area contributed by atoms with Crippen molar-refractivity contribution < 1.29 is 9.53 Å². The van der Waals surface area contributed by atoms with Gasteiger partial charge in [0.15, 0.2) is 0 Å². The number of carbonyl (C=O) groups excluding carboxylic acids is 1. The quantitative estimate of drug-likeness (QED) is 0.318. The maximum Gasteiger partial charge on any atom is 0.251 e. The molecule has 5 rings (SSSR count). The van der Waals surface area contributed by atoms with Gasteiger partial charge in [0, 0.05) is 47.2 Å². The summed E-state index contributed by atoms with van der Waals surface area (Å²) in [6.07, 6.45) is 11.9. The number of benzene rings is 1. The van der Waals surface area contributed by atoms with Gasteiger partial charge in [-0.15, -0.1) is 0 Å². The second kappa shape index (κ2) is 10.6. The molecule has 1 amide bonds. The van der Waals surface area contributed by atoms with Crippen molar-refractivity contribution >= 4 is 28.4 Å². The Kier molecular flexibility index (Phi) is 7.08. The molecule has 0 unspecified atom stereocenters. The second-order valence-corrected chi connectivity index (χ2v) is 10.2. The fourth-order valence-electron chi connectivity index (χ4n) is 5.04. The third-order valence-electron chi connectivity index (χ3n) is 7.18. The van der Waals surface area contributed by atoms with E-state index in [0.29, 0.717) is 22.9 Å². The normalized spacial score (nSPS) is 17.6. The number of methoxy groups -OCH3 is 1. The predicted molar refractivity (Wildman–Crippen MR) is 146 cm³/mol.